The maximum atomic E-state index is 6.38. The van der Waals surface area contributed by atoms with Crippen molar-refractivity contribution >= 4 is 0 Å². The van der Waals surface area contributed by atoms with Gasteiger partial charge >= 0.3 is 0 Å². The van der Waals surface area contributed by atoms with E-state index in [2.05, 4.69) is 24.0 Å². The molecule has 2 aliphatic carbocycles. The van der Waals surface area contributed by atoms with E-state index in [1.165, 1.54) is 44.9 Å². The topological polar surface area (TPSA) is 64.9 Å². The van der Waals surface area contributed by atoms with Gasteiger partial charge in [-0.05, 0) is 43.9 Å². The predicted octanol–water partition coefficient (Wildman–Crippen LogP) is 4.12. The van der Waals surface area contributed by atoms with Crippen molar-refractivity contribution in [2.45, 2.75) is 83.1 Å². The molecule has 3 rings (SSSR count). The second kappa shape index (κ2) is 6.07. The molecular formula is C17H29N3O. The van der Waals surface area contributed by atoms with E-state index in [-0.39, 0.29) is 0 Å². The summed E-state index contributed by atoms with van der Waals surface area (Å²) >= 11 is 0. The number of hydrogen-bond acceptors (Lipinski definition) is 4. The first-order valence-corrected chi connectivity index (χ1v) is 8.79. The Morgan fingerprint density at radius 2 is 1.81 bits per heavy atom. The monoisotopic (exact) mass is 291 g/mol. The van der Waals surface area contributed by atoms with Gasteiger partial charge in [0, 0.05) is 5.92 Å². The summed E-state index contributed by atoms with van der Waals surface area (Å²) in [7, 11) is 0. The smallest absolute Gasteiger partial charge is 0.229 e. The van der Waals surface area contributed by atoms with Crippen LogP contribution in [0, 0.1) is 11.8 Å². The second-order valence-electron chi connectivity index (χ2n) is 7.13. The van der Waals surface area contributed by atoms with E-state index in [4.69, 9.17) is 10.3 Å². The molecular weight excluding hydrogens is 262 g/mol. The van der Waals surface area contributed by atoms with Crippen molar-refractivity contribution in [3.8, 4) is 0 Å². The summed E-state index contributed by atoms with van der Waals surface area (Å²) in [5, 5.41) is 4.20. The van der Waals surface area contributed by atoms with Gasteiger partial charge in [-0.2, -0.15) is 4.98 Å². The summed E-state index contributed by atoms with van der Waals surface area (Å²) in [5.74, 6) is 3.84. The van der Waals surface area contributed by atoms with Crippen molar-refractivity contribution in [2.75, 3.05) is 0 Å². The molecule has 4 nitrogen and oxygen atoms in total. The SMILES string of the molecule is CCC(N)(CC)c1noc(C2CCC3CCCCC3C2)n1. The molecule has 0 saturated heterocycles. The average Bonchev–Trinajstić information content (AvgIpc) is 3.04. The molecule has 2 N–H and O–H groups in total. The van der Waals surface area contributed by atoms with Crippen LogP contribution in [0.5, 0.6) is 0 Å². The quantitative estimate of drug-likeness (QED) is 0.906. The Balaban J connectivity index is 1.72. The van der Waals surface area contributed by atoms with Crippen molar-refractivity contribution in [3.05, 3.63) is 11.7 Å². The zero-order valence-corrected chi connectivity index (χ0v) is 13.5. The van der Waals surface area contributed by atoms with Crippen LogP contribution in [0.1, 0.15) is 89.3 Å². The van der Waals surface area contributed by atoms with Crippen LogP contribution in [0.15, 0.2) is 4.52 Å². The van der Waals surface area contributed by atoms with Crippen molar-refractivity contribution in [3.63, 3.8) is 0 Å². The van der Waals surface area contributed by atoms with Crippen LogP contribution in [0.2, 0.25) is 0 Å². The van der Waals surface area contributed by atoms with Crippen molar-refractivity contribution < 1.29 is 4.52 Å². The maximum Gasteiger partial charge on any atom is 0.229 e. The Hall–Kier alpha value is -0.900. The van der Waals surface area contributed by atoms with Crippen molar-refractivity contribution in [2.24, 2.45) is 17.6 Å². The maximum absolute atomic E-state index is 6.38. The molecule has 118 valence electrons. The van der Waals surface area contributed by atoms with Crippen LogP contribution >= 0.6 is 0 Å². The summed E-state index contributed by atoms with van der Waals surface area (Å²) in [4.78, 5) is 4.68. The van der Waals surface area contributed by atoms with Crippen LogP contribution in [-0.4, -0.2) is 10.1 Å². The van der Waals surface area contributed by atoms with E-state index in [0.29, 0.717) is 11.7 Å². The number of hydrogen-bond donors (Lipinski definition) is 1. The molecule has 4 heteroatoms. The Morgan fingerprint density at radius 1 is 1.10 bits per heavy atom. The standard InChI is InChI=1S/C17H29N3O/c1-3-17(18,4-2)16-19-15(21-20-16)14-10-9-12-7-5-6-8-13(12)11-14/h12-14H,3-11,18H2,1-2H3. The number of nitrogens with zero attached hydrogens (tertiary/aromatic N) is 2. The molecule has 2 aliphatic rings. The van der Waals surface area contributed by atoms with Gasteiger partial charge in [-0.1, -0.05) is 44.7 Å². The summed E-state index contributed by atoms with van der Waals surface area (Å²) in [6.07, 6.45) is 11.1. The highest BCUT2D eigenvalue weighted by Gasteiger charge is 2.36. The fraction of sp³-hybridized carbons (Fsp3) is 0.882. The number of fused-ring (bicyclic) bond motifs is 1. The van der Waals surface area contributed by atoms with Gasteiger partial charge in [0.1, 0.15) is 0 Å². The van der Waals surface area contributed by atoms with Crippen LogP contribution in [0.4, 0.5) is 0 Å². The molecule has 1 heterocycles. The Labute approximate surface area is 127 Å². The van der Waals surface area contributed by atoms with Gasteiger partial charge in [-0.3, -0.25) is 0 Å². The Bertz CT molecular complexity index is 466. The van der Waals surface area contributed by atoms with Crippen LogP contribution < -0.4 is 5.73 Å². The lowest BCUT2D eigenvalue weighted by atomic mass is 9.67. The summed E-state index contributed by atoms with van der Waals surface area (Å²) in [6, 6.07) is 0. The van der Waals surface area contributed by atoms with Gasteiger partial charge in [0.2, 0.25) is 5.89 Å². The van der Waals surface area contributed by atoms with Crippen molar-refractivity contribution in [1.82, 2.24) is 10.1 Å². The van der Waals surface area contributed by atoms with Gasteiger partial charge in [0.05, 0.1) is 5.54 Å². The lowest BCUT2D eigenvalue weighted by Gasteiger charge is -2.38. The third-order valence-corrected chi connectivity index (χ3v) is 6.04. The van der Waals surface area contributed by atoms with Gasteiger partial charge < -0.3 is 10.3 Å². The second-order valence-corrected chi connectivity index (χ2v) is 7.13. The van der Waals surface area contributed by atoms with E-state index in [1.54, 1.807) is 0 Å². The number of aromatic nitrogens is 2. The fourth-order valence-electron chi connectivity index (χ4n) is 4.27. The lowest BCUT2D eigenvalue weighted by Crippen LogP contribution is -2.36. The molecule has 0 spiro atoms. The fourth-order valence-corrected chi connectivity index (χ4v) is 4.27. The first kappa shape index (κ1) is 15.0. The van der Waals surface area contributed by atoms with Crippen LogP contribution in [0.25, 0.3) is 0 Å². The zero-order valence-electron chi connectivity index (χ0n) is 13.5. The zero-order chi connectivity index (χ0) is 14.9. The van der Waals surface area contributed by atoms with E-state index >= 15 is 0 Å². The number of nitrogens with two attached hydrogens (primary N) is 1. The highest BCUT2D eigenvalue weighted by Crippen LogP contribution is 2.45. The third-order valence-electron chi connectivity index (χ3n) is 6.04. The molecule has 0 radical (unpaired) electrons. The first-order chi connectivity index (χ1) is 10.2. The molecule has 2 saturated carbocycles. The highest BCUT2D eigenvalue weighted by atomic mass is 16.5. The van der Waals surface area contributed by atoms with Gasteiger partial charge in [-0.25, -0.2) is 0 Å². The Kier molecular flexibility index (Phi) is 4.34. The minimum absolute atomic E-state index is 0.427. The highest BCUT2D eigenvalue weighted by molar-refractivity contribution is 5.06. The normalized spacial score (nSPS) is 30.1. The predicted molar refractivity (Wildman–Crippen MR) is 82.8 cm³/mol. The molecule has 0 bridgehead atoms. The number of rotatable bonds is 4. The summed E-state index contributed by atoms with van der Waals surface area (Å²) in [6.45, 7) is 4.18. The molecule has 0 amide bonds. The van der Waals surface area contributed by atoms with Gasteiger partial charge in [-0.15, -0.1) is 0 Å². The molecule has 1 aromatic rings. The minimum Gasteiger partial charge on any atom is -0.339 e. The molecule has 0 aliphatic heterocycles. The minimum atomic E-state index is -0.427. The molecule has 3 atom stereocenters. The van der Waals surface area contributed by atoms with Gasteiger partial charge in [0.25, 0.3) is 0 Å². The molecule has 3 unspecified atom stereocenters. The first-order valence-electron chi connectivity index (χ1n) is 8.79. The molecule has 21 heavy (non-hydrogen) atoms. The van der Waals surface area contributed by atoms with Crippen LogP contribution in [-0.2, 0) is 5.54 Å². The summed E-state index contributed by atoms with van der Waals surface area (Å²) in [5.41, 5.74) is 5.96. The largest absolute Gasteiger partial charge is 0.339 e. The van der Waals surface area contributed by atoms with E-state index in [0.717, 1.165) is 30.6 Å². The Morgan fingerprint density at radius 3 is 2.52 bits per heavy atom. The summed E-state index contributed by atoms with van der Waals surface area (Å²) < 4.78 is 5.59. The molecule has 2 fully saturated rings. The molecule has 0 aromatic carbocycles. The van der Waals surface area contributed by atoms with Crippen molar-refractivity contribution in [1.29, 1.82) is 0 Å². The van der Waals surface area contributed by atoms with E-state index in [9.17, 15) is 0 Å². The third kappa shape index (κ3) is 2.87. The van der Waals surface area contributed by atoms with E-state index in [1.807, 2.05) is 0 Å². The van der Waals surface area contributed by atoms with E-state index < -0.39 is 5.54 Å². The van der Waals surface area contributed by atoms with Gasteiger partial charge in [0.15, 0.2) is 5.82 Å². The average molecular weight is 291 g/mol. The van der Waals surface area contributed by atoms with Crippen LogP contribution in [0.3, 0.4) is 0 Å². The molecule has 1 aromatic heterocycles. The lowest BCUT2D eigenvalue weighted by molar-refractivity contribution is 0.142.